The minimum atomic E-state index is -0.188. The van der Waals surface area contributed by atoms with Crippen LogP contribution in [-0.2, 0) is 9.59 Å². The average molecular weight is 391 g/mol. The molecule has 2 fully saturated rings. The first kappa shape index (κ1) is 19.4. The lowest BCUT2D eigenvalue weighted by Crippen LogP contribution is -2.30. The van der Waals surface area contributed by atoms with Crippen molar-refractivity contribution in [2.45, 2.75) is 39.5 Å². The van der Waals surface area contributed by atoms with Crippen LogP contribution in [0.3, 0.4) is 0 Å². The average Bonchev–Trinajstić information content (AvgIpc) is 2.99. The quantitative estimate of drug-likeness (QED) is 0.565. The third-order valence-electron chi connectivity index (χ3n) is 6.12. The summed E-state index contributed by atoms with van der Waals surface area (Å²) in [6.45, 7) is 3.87. The van der Waals surface area contributed by atoms with Gasteiger partial charge in [-0.2, -0.15) is 0 Å². The lowest BCUT2D eigenvalue weighted by Gasteiger charge is -2.19. The van der Waals surface area contributed by atoms with Gasteiger partial charge in [0.25, 0.3) is 0 Å². The monoisotopic (exact) mass is 391 g/mol. The van der Waals surface area contributed by atoms with Crippen molar-refractivity contribution in [1.29, 1.82) is 0 Å². The third-order valence-corrected chi connectivity index (χ3v) is 6.12. The van der Waals surface area contributed by atoms with Crippen LogP contribution in [0.1, 0.15) is 47.2 Å². The predicted octanol–water partition coefficient (Wildman–Crippen LogP) is 4.24. The Labute approximate surface area is 170 Å². The first-order valence-corrected chi connectivity index (χ1v) is 10.2. The molecule has 4 rings (SSSR count). The molecule has 1 aliphatic carbocycles. The second kappa shape index (κ2) is 7.82. The molecule has 1 aliphatic heterocycles. The molecule has 29 heavy (non-hydrogen) atoms. The van der Waals surface area contributed by atoms with Crippen molar-refractivity contribution in [3.8, 4) is 5.75 Å². The molecule has 150 valence electrons. The molecule has 2 aromatic rings. The van der Waals surface area contributed by atoms with Crippen molar-refractivity contribution in [3.63, 3.8) is 0 Å². The number of imide groups is 1. The van der Waals surface area contributed by atoms with Gasteiger partial charge in [-0.05, 0) is 56.0 Å². The number of ether oxygens (including phenoxy) is 1. The third kappa shape index (κ3) is 3.69. The largest absolute Gasteiger partial charge is 0.485 e. The highest BCUT2D eigenvalue weighted by Gasteiger charge is 2.48. The number of hydrogen-bond donors (Lipinski definition) is 0. The number of amides is 2. The molecule has 0 N–H and O–H groups in total. The highest BCUT2D eigenvalue weighted by Crippen LogP contribution is 2.40. The number of fused-ring (bicyclic) bond motifs is 1. The summed E-state index contributed by atoms with van der Waals surface area (Å²) in [6, 6.07) is 12.5. The van der Waals surface area contributed by atoms with E-state index in [1.807, 2.05) is 26.0 Å². The van der Waals surface area contributed by atoms with Gasteiger partial charge in [0, 0.05) is 11.6 Å². The van der Waals surface area contributed by atoms with Crippen LogP contribution in [0.25, 0.3) is 0 Å². The van der Waals surface area contributed by atoms with Gasteiger partial charge in [-0.1, -0.05) is 31.0 Å². The number of aryl methyl sites for hydroxylation is 2. The Hall–Kier alpha value is -2.95. The van der Waals surface area contributed by atoms with Crippen molar-refractivity contribution in [1.82, 2.24) is 0 Å². The Kier molecular flexibility index (Phi) is 5.22. The van der Waals surface area contributed by atoms with Gasteiger partial charge in [0.2, 0.25) is 11.8 Å². The van der Waals surface area contributed by atoms with Crippen LogP contribution < -0.4 is 9.64 Å². The van der Waals surface area contributed by atoms with E-state index < -0.39 is 0 Å². The smallest absolute Gasteiger partial charge is 0.237 e. The predicted molar refractivity (Wildman–Crippen MR) is 110 cm³/mol. The van der Waals surface area contributed by atoms with Crippen molar-refractivity contribution in [2.75, 3.05) is 11.5 Å². The molecule has 5 heteroatoms. The van der Waals surface area contributed by atoms with Crippen LogP contribution in [0, 0.1) is 25.7 Å². The number of carbonyl (C=O) groups is 3. The summed E-state index contributed by atoms with van der Waals surface area (Å²) in [7, 11) is 0. The number of nitrogens with zero attached hydrogens (tertiary/aromatic N) is 1. The fraction of sp³-hybridized carbons (Fsp3) is 0.375. The number of carbonyl (C=O) groups excluding carboxylic acids is 3. The van der Waals surface area contributed by atoms with E-state index in [1.54, 1.807) is 30.3 Å². The van der Waals surface area contributed by atoms with E-state index in [1.165, 1.54) is 4.90 Å². The zero-order valence-electron chi connectivity index (χ0n) is 16.8. The standard InChI is InChI=1S/C24H25NO4/c1-15-10-11-17(12-16(15)2)22(26)14-29-19-7-5-6-18(13-19)25-23(27)20-8-3-4-9-21(20)24(25)28/h5-7,10-13,20-21H,3-4,8-9,14H2,1-2H3. The molecule has 1 saturated heterocycles. The van der Waals surface area contributed by atoms with Crippen LogP contribution in [0.15, 0.2) is 42.5 Å². The van der Waals surface area contributed by atoms with Gasteiger partial charge in [0.05, 0.1) is 17.5 Å². The van der Waals surface area contributed by atoms with Crippen molar-refractivity contribution in [2.24, 2.45) is 11.8 Å². The molecule has 2 amide bonds. The molecule has 0 aromatic heterocycles. The van der Waals surface area contributed by atoms with Crippen LogP contribution in [0.2, 0.25) is 0 Å². The van der Waals surface area contributed by atoms with Gasteiger partial charge >= 0.3 is 0 Å². The Morgan fingerprint density at radius 1 is 0.966 bits per heavy atom. The molecule has 2 unspecified atom stereocenters. The molecule has 0 bridgehead atoms. The maximum atomic E-state index is 12.8. The maximum Gasteiger partial charge on any atom is 0.237 e. The summed E-state index contributed by atoms with van der Waals surface area (Å²) in [5.74, 6) is -0.238. The summed E-state index contributed by atoms with van der Waals surface area (Å²) < 4.78 is 5.68. The van der Waals surface area contributed by atoms with Gasteiger partial charge in [-0.3, -0.25) is 14.4 Å². The number of rotatable bonds is 5. The molecule has 5 nitrogen and oxygen atoms in total. The number of hydrogen-bond acceptors (Lipinski definition) is 4. The Balaban J connectivity index is 1.47. The fourth-order valence-corrected chi connectivity index (χ4v) is 4.28. The van der Waals surface area contributed by atoms with E-state index in [4.69, 9.17) is 4.74 Å². The Morgan fingerprint density at radius 2 is 1.66 bits per heavy atom. The minimum absolute atomic E-state index is 0.0981. The van der Waals surface area contributed by atoms with Crippen LogP contribution in [0.4, 0.5) is 5.69 Å². The zero-order chi connectivity index (χ0) is 20.5. The van der Waals surface area contributed by atoms with Gasteiger partial charge in [-0.15, -0.1) is 0 Å². The number of benzene rings is 2. The molecule has 0 spiro atoms. The number of Topliss-reactive ketones (excluding diaryl/α,β-unsaturated/α-hetero) is 1. The van der Waals surface area contributed by atoms with E-state index in [-0.39, 0.29) is 36.0 Å². The lowest BCUT2D eigenvalue weighted by molar-refractivity contribution is -0.122. The van der Waals surface area contributed by atoms with Crippen molar-refractivity contribution in [3.05, 3.63) is 59.2 Å². The summed E-state index contributed by atoms with van der Waals surface area (Å²) in [5, 5.41) is 0. The van der Waals surface area contributed by atoms with Crippen molar-refractivity contribution >= 4 is 23.3 Å². The van der Waals surface area contributed by atoms with Gasteiger partial charge < -0.3 is 4.74 Å². The molecule has 2 aromatic carbocycles. The van der Waals surface area contributed by atoms with Crippen LogP contribution in [0.5, 0.6) is 5.75 Å². The normalized spacial score (nSPS) is 21.2. The molecular weight excluding hydrogens is 366 g/mol. The van der Waals surface area contributed by atoms with E-state index in [0.29, 0.717) is 17.0 Å². The summed E-state index contributed by atoms with van der Waals surface area (Å²) in [4.78, 5) is 39.3. The maximum absolute atomic E-state index is 12.8. The molecular formula is C24H25NO4. The van der Waals surface area contributed by atoms with Crippen LogP contribution >= 0.6 is 0 Å². The molecule has 1 saturated carbocycles. The van der Waals surface area contributed by atoms with E-state index in [2.05, 4.69) is 0 Å². The Morgan fingerprint density at radius 3 is 2.31 bits per heavy atom. The second-order valence-corrected chi connectivity index (χ2v) is 8.02. The van der Waals surface area contributed by atoms with Gasteiger partial charge in [-0.25, -0.2) is 4.90 Å². The lowest BCUT2D eigenvalue weighted by atomic mass is 9.81. The molecule has 2 aliphatic rings. The minimum Gasteiger partial charge on any atom is -0.485 e. The highest BCUT2D eigenvalue weighted by molar-refractivity contribution is 6.22. The highest BCUT2D eigenvalue weighted by atomic mass is 16.5. The number of anilines is 1. The SMILES string of the molecule is Cc1ccc(C(=O)COc2cccc(N3C(=O)C4CCCCC4C3=O)c2)cc1C. The molecule has 0 radical (unpaired) electrons. The number of ketones is 1. The second-order valence-electron chi connectivity index (χ2n) is 8.02. The van der Waals surface area contributed by atoms with E-state index in [9.17, 15) is 14.4 Å². The first-order valence-electron chi connectivity index (χ1n) is 10.2. The molecule has 2 atom stereocenters. The summed E-state index contributed by atoms with van der Waals surface area (Å²) in [5.41, 5.74) is 3.32. The van der Waals surface area contributed by atoms with Gasteiger partial charge in [0.15, 0.2) is 12.4 Å². The first-order chi connectivity index (χ1) is 14.0. The van der Waals surface area contributed by atoms with E-state index in [0.717, 1.165) is 36.8 Å². The topological polar surface area (TPSA) is 63.7 Å². The summed E-state index contributed by atoms with van der Waals surface area (Å²) >= 11 is 0. The molecule has 1 heterocycles. The van der Waals surface area contributed by atoms with Gasteiger partial charge in [0.1, 0.15) is 5.75 Å². The summed E-state index contributed by atoms with van der Waals surface area (Å²) in [6.07, 6.45) is 3.56. The van der Waals surface area contributed by atoms with Crippen molar-refractivity contribution < 1.29 is 19.1 Å². The fourth-order valence-electron chi connectivity index (χ4n) is 4.28. The Bertz CT molecular complexity index is 957. The van der Waals surface area contributed by atoms with Crippen LogP contribution in [-0.4, -0.2) is 24.2 Å². The zero-order valence-corrected chi connectivity index (χ0v) is 16.8. The van der Waals surface area contributed by atoms with E-state index >= 15 is 0 Å².